The molecular formula is C19H17F3N2O3. The summed E-state index contributed by atoms with van der Waals surface area (Å²) in [6, 6.07) is 8.78. The standard InChI is InChI=1S/C19H17F3N2O3/c1-18(2)10-27-15-7-6-13(9-14(15)24-17(18)26)23-16(25)11-4-3-5-12(8-11)19(20,21)22/h3-9H,10H2,1-2H3,(H,23,25)(H,24,26). The molecule has 0 spiro atoms. The van der Waals surface area contributed by atoms with E-state index in [9.17, 15) is 22.8 Å². The SMILES string of the molecule is CC1(C)COc2ccc(NC(=O)c3cccc(C(F)(F)F)c3)cc2NC1=O. The Hall–Kier alpha value is -3.03. The van der Waals surface area contributed by atoms with Crippen LogP contribution in [0.3, 0.4) is 0 Å². The van der Waals surface area contributed by atoms with Crippen LogP contribution in [-0.4, -0.2) is 18.4 Å². The van der Waals surface area contributed by atoms with Crippen LogP contribution in [0.15, 0.2) is 42.5 Å². The molecule has 1 aliphatic heterocycles. The second kappa shape index (κ2) is 6.61. The molecule has 1 heterocycles. The Morgan fingerprint density at radius 3 is 2.63 bits per heavy atom. The molecule has 142 valence electrons. The molecule has 0 unspecified atom stereocenters. The summed E-state index contributed by atoms with van der Waals surface area (Å²) in [5.41, 5.74) is -1.05. The molecule has 0 aromatic heterocycles. The van der Waals surface area contributed by atoms with Crippen LogP contribution in [0.1, 0.15) is 29.8 Å². The van der Waals surface area contributed by atoms with Crippen molar-refractivity contribution in [2.45, 2.75) is 20.0 Å². The molecule has 0 fully saturated rings. The van der Waals surface area contributed by atoms with E-state index in [1.165, 1.54) is 18.2 Å². The molecule has 0 saturated heterocycles. The molecule has 8 heteroatoms. The number of anilines is 2. The summed E-state index contributed by atoms with van der Waals surface area (Å²) in [6.07, 6.45) is -4.53. The van der Waals surface area contributed by atoms with Gasteiger partial charge in [0.1, 0.15) is 12.4 Å². The van der Waals surface area contributed by atoms with Crippen LogP contribution in [-0.2, 0) is 11.0 Å². The highest BCUT2D eigenvalue weighted by atomic mass is 19.4. The van der Waals surface area contributed by atoms with Crippen molar-refractivity contribution in [1.29, 1.82) is 0 Å². The number of alkyl halides is 3. The molecule has 2 aromatic carbocycles. The minimum atomic E-state index is -4.53. The van der Waals surface area contributed by atoms with E-state index < -0.39 is 23.1 Å². The van der Waals surface area contributed by atoms with Gasteiger partial charge in [-0.15, -0.1) is 0 Å². The van der Waals surface area contributed by atoms with Crippen molar-refractivity contribution in [1.82, 2.24) is 0 Å². The number of benzene rings is 2. The number of amides is 2. The van der Waals surface area contributed by atoms with Crippen molar-refractivity contribution in [2.75, 3.05) is 17.2 Å². The Labute approximate surface area is 153 Å². The van der Waals surface area contributed by atoms with Crippen molar-refractivity contribution in [3.05, 3.63) is 53.6 Å². The number of hydrogen-bond acceptors (Lipinski definition) is 3. The predicted molar refractivity (Wildman–Crippen MR) is 93.7 cm³/mol. The Balaban J connectivity index is 1.82. The summed E-state index contributed by atoms with van der Waals surface area (Å²) >= 11 is 0. The van der Waals surface area contributed by atoms with Gasteiger partial charge in [-0.3, -0.25) is 9.59 Å². The van der Waals surface area contributed by atoms with E-state index in [4.69, 9.17) is 4.74 Å². The fourth-order valence-corrected chi connectivity index (χ4v) is 2.49. The summed E-state index contributed by atoms with van der Waals surface area (Å²) in [4.78, 5) is 24.5. The molecule has 2 amide bonds. The van der Waals surface area contributed by atoms with Gasteiger partial charge in [-0.1, -0.05) is 6.07 Å². The molecular weight excluding hydrogens is 361 g/mol. The first-order valence-corrected chi connectivity index (χ1v) is 8.13. The van der Waals surface area contributed by atoms with Gasteiger partial charge >= 0.3 is 6.18 Å². The molecule has 27 heavy (non-hydrogen) atoms. The molecule has 0 aliphatic carbocycles. The summed E-state index contributed by atoms with van der Waals surface area (Å²) < 4.78 is 44.0. The summed E-state index contributed by atoms with van der Waals surface area (Å²) in [5.74, 6) is -0.476. The van der Waals surface area contributed by atoms with Crippen molar-refractivity contribution in [2.24, 2.45) is 5.41 Å². The number of ether oxygens (including phenoxy) is 1. The van der Waals surface area contributed by atoms with Gasteiger partial charge in [0.15, 0.2) is 0 Å². The number of rotatable bonds is 2. The lowest BCUT2D eigenvalue weighted by Crippen LogP contribution is -2.33. The maximum atomic E-state index is 12.8. The lowest BCUT2D eigenvalue weighted by molar-refractivity contribution is -0.137. The van der Waals surface area contributed by atoms with Gasteiger partial charge < -0.3 is 15.4 Å². The first-order valence-electron chi connectivity index (χ1n) is 8.13. The van der Waals surface area contributed by atoms with E-state index in [1.54, 1.807) is 26.0 Å². The highest BCUT2D eigenvalue weighted by molar-refractivity contribution is 6.05. The van der Waals surface area contributed by atoms with Gasteiger partial charge in [0.2, 0.25) is 5.91 Å². The number of nitrogens with one attached hydrogen (secondary N) is 2. The summed E-state index contributed by atoms with van der Waals surface area (Å²) in [7, 11) is 0. The largest absolute Gasteiger partial charge is 0.490 e. The van der Waals surface area contributed by atoms with Crippen LogP contribution in [0.5, 0.6) is 5.75 Å². The normalized spacial score (nSPS) is 15.8. The third-order valence-corrected chi connectivity index (χ3v) is 4.14. The third kappa shape index (κ3) is 4.05. The smallest absolute Gasteiger partial charge is 0.416 e. The van der Waals surface area contributed by atoms with E-state index >= 15 is 0 Å². The lowest BCUT2D eigenvalue weighted by atomic mass is 9.94. The van der Waals surface area contributed by atoms with Gasteiger partial charge in [0, 0.05) is 11.3 Å². The minimum absolute atomic E-state index is 0.124. The first kappa shape index (κ1) is 18.8. The minimum Gasteiger partial charge on any atom is -0.490 e. The van der Waals surface area contributed by atoms with Crippen LogP contribution in [0.2, 0.25) is 0 Å². The van der Waals surface area contributed by atoms with Crippen molar-refractivity contribution in [3.63, 3.8) is 0 Å². The number of carbonyl (C=O) groups excluding carboxylic acids is 2. The van der Waals surface area contributed by atoms with Crippen LogP contribution in [0, 0.1) is 5.41 Å². The molecule has 0 saturated carbocycles. The van der Waals surface area contributed by atoms with E-state index in [0.29, 0.717) is 17.1 Å². The highest BCUT2D eigenvalue weighted by Crippen LogP contribution is 2.34. The van der Waals surface area contributed by atoms with Crippen molar-refractivity contribution >= 4 is 23.2 Å². The van der Waals surface area contributed by atoms with Gasteiger partial charge in [-0.05, 0) is 50.2 Å². The molecule has 0 radical (unpaired) electrons. The molecule has 1 aliphatic rings. The Bertz CT molecular complexity index is 907. The number of hydrogen-bond donors (Lipinski definition) is 2. The number of halogens is 3. The fourth-order valence-electron chi connectivity index (χ4n) is 2.49. The molecule has 3 rings (SSSR count). The zero-order chi connectivity index (χ0) is 19.8. The van der Waals surface area contributed by atoms with Crippen LogP contribution in [0.25, 0.3) is 0 Å². The van der Waals surface area contributed by atoms with E-state index in [0.717, 1.165) is 12.1 Å². The summed E-state index contributed by atoms with van der Waals surface area (Å²) in [5, 5.41) is 5.26. The second-order valence-corrected chi connectivity index (χ2v) is 6.87. The van der Waals surface area contributed by atoms with E-state index in [-0.39, 0.29) is 18.1 Å². The second-order valence-electron chi connectivity index (χ2n) is 6.87. The molecule has 0 atom stereocenters. The molecule has 5 nitrogen and oxygen atoms in total. The fraction of sp³-hybridized carbons (Fsp3) is 0.263. The monoisotopic (exact) mass is 378 g/mol. The molecule has 0 bridgehead atoms. The van der Waals surface area contributed by atoms with Gasteiger partial charge in [0.25, 0.3) is 5.91 Å². The maximum absolute atomic E-state index is 12.8. The van der Waals surface area contributed by atoms with Crippen LogP contribution < -0.4 is 15.4 Å². The maximum Gasteiger partial charge on any atom is 0.416 e. The molecule has 2 aromatic rings. The predicted octanol–water partition coefficient (Wildman–Crippen LogP) is 4.31. The quantitative estimate of drug-likeness (QED) is 0.818. The van der Waals surface area contributed by atoms with Gasteiger partial charge in [-0.25, -0.2) is 0 Å². The first-order chi connectivity index (χ1) is 12.6. The zero-order valence-electron chi connectivity index (χ0n) is 14.6. The Morgan fingerprint density at radius 2 is 1.93 bits per heavy atom. The number of fused-ring (bicyclic) bond motifs is 1. The lowest BCUT2D eigenvalue weighted by Gasteiger charge is -2.18. The van der Waals surface area contributed by atoms with Crippen molar-refractivity contribution in [3.8, 4) is 5.75 Å². The molecule has 2 N–H and O–H groups in total. The van der Waals surface area contributed by atoms with Crippen LogP contribution in [0.4, 0.5) is 24.5 Å². The van der Waals surface area contributed by atoms with Gasteiger partial charge in [0.05, 0.1) is 16.7 Å². The van der Waals surface area contributed by atoms with Crippen LogP contribution >= 0.6 is 0 Å². The Morgan fingerprint density at radius 1 is 1.19 bits per heavy atom. The van der Waals surface area contributed by atoms with E-state index in [1.807, 2.05) is 0 Å². The zero-order valence-corrected chi connectivity index (χ0v) is 14.6. The average molecular weight is 378 g/mol. The van der Waals surface area contributed by atoms with Gasteiger partial charge in [-0.2, -0.15) is 13.2 Å². The highest BCUT2D eigenvalue weighted by Gasteiger charge is 2.33. The van der Waals surface area contributed by atoms with Crippen molar-refractivity contribution < 1.29 is 27.5 Å². The topological polar surface area (TPSA) is 67.4 Å². The average Bonchev–Trinajstić information content (AvgIpc) is 2.70. The number of carbonyl (C=O) groups is 2. The van der Waals surface area contributed by atoms with E-state index in [2.05, 4.69) is 10.6 Å². The summed E-state index contributed by atoms with van der Waals surface area (Å²) in [6.45, 7) is 3.68. The Kier molecular flexibility index (Phi) is 4.59. The third-order valence-electron chi connectivity index (χ3n) is 4.14.